The van der Waals surface area contributed by atoms with Gasteiger partial charge in [-0.05, 0) is 17.0 Å². The maximum atomic E-state index is 11.0. The summed E-state index contributed by atoms with van der Waals surface area (Å²) in [5, 5.41) is 1.77. The molecule has 0 saturated carbocycles. The normalized spacial score (nSPS) is 9.42. The third-order valence-corrected chi connectivity index (χ3v) is 2.36. The van der Waals surface area contributed by atoms with Crippen molar-refractivity contribution in [3.05, 3.63) is 21.9 Å². The van der Waals surface area contributed by atoms with Gasteiger partial charge in [0, 0.05) is 6.42 Å². The number of carbonyl (C=O) groups excluding carboxylic acids is 2. The number of hydrogen-bond acceptors (Lipinski definition) is 4. The molecule has 4 heteroatoms. The van der Waals surface area contributed by atoms with E-state index in [4.69, 9.17) is 0 Å². The van der Waals surface area contributed by atoms with Crippen LogP contribution in [0.3, 0.4) is 0 Å². The Morgan fingerprint density at radius 1 is 1.75 bits per heavy atom. The van der Waals surface area contributed by atoms with Gasteiger partial charge in [0.1, 0.15) is 11.2 Å². The largest absolute Gasteiger partial charge is 0.465 e. The van der Waals surface area contributed by atoms with Gasteiger partial charge in [0.25, 0.3) is 0 Å². The van der Waals surface area contributed by atoms with E-state index in [9.17, 15) is 9.59 Å². The Labute approximate surface area is 74.0 Å². The summed E-state index contributed by atoms with van der Waals surface area (Å²) in [7, 11) is 1.33. The highest BCUT2D eigenvalue weighted by Gasteiger charge is 2.12. The SMILES string of the molecule is COC(=O)c1sccc1CC=O. The van der Waals surface area contributed by atoms with Crippen LogP contribution in [0.15, 0.2) is 11.4 Å². The van der Waals surface area contributed by atoms with Crippen molar-refractivity contribution in [1.29, 1.82) is 0 Å². The minimum absolute atomic E-state index is 0.272. The number of hydrogen-bond donors (Lipinski definition) is 0. The monoisotopic (exact) mass is 184 g/mol. The maximum Gasteiger partial charge on any atom is 0.348 e. The van der Waals surface area contributed by atoms with Crippen LogP contribution < -0.4 is 0 Å². The van der Waals surface area contributed by atoms with E-state index in [1.807, 2.05) is 0 Å². The molecule has 0 fully saturated rings. The van der Waals surface area contributed by atoms with E-state index < -0.39 is 0 Å². The lowest BCUT2D eigenvalue weighted by Gasteiger charge is -1.96. The molecule has 0 radical (unpaired) electrons. The molecular formula is C8H8O3S. The molecule has 0 aliphatic rings. The van der Waals surface area contributed by atoms with Crippen molar-refractivity contribution in [2.75, 3.05) is 7.11 Å². The van der Waals surface area contributed by atoms with E-state index in [1.165, 1.54) is 18.4 Å². The minimum Gasteiger partial charge on any atom is -0.465 e. The van der Waals surface area contributed by atoms with Crippen LogP contribution in [0.1, 0.15) is 15.2 Å². The van der Waals surface area contributed by atoms with Crippen molar-refractivity contribution in [3.8, 4) is 0 Å². The fourth-order valence-electron chi connectivity index (χ4n) is 0.858. The predicted molar refractivity (Wildman–Crippen MR) is 45.4 cm³/mol. The summed E-state index contributed by atoms with van der Waals surface area (Å²) >= 11 is 1.29. The summed E-state index contributed by atoms with van der Waals surface area (Å²) in [6.07, 6.45) is 1.04. The third-order valence-electron chi connectivity index (χ3n) is 1.42. The number of esters is 1. The summed E-state index contributed by atoms with van der Waals surface area (Å²) in [4.78, 5) is 21.7. The van der Waals surface area contributed by atoms with Gasteiger partial charge in [0.05, 0.1) is 7.11 Å². The van der Waals surface area contributed by atoms with Gasteiger partial charge in [-0.2, -0.15) is 0 Å². The van der Waals surface area contributed by atoms with Gasteiger partial charge < -0.3 is 9.53 Å². The van der Waals surface area contributed by atoms with Crippen LogP contribution in [0.25, 0.3) is 0 Å². The number of methoxy groups -OCH3 is 1. The second kappa shape index (κ2) is 4.01. The van der Waals surface area contributed by atoms with Crippen LogP contribution in [0, 0.1) is 0 Å². The zero-order chi connectivity index (χ0) is 8.97. The molecule has 0 N–H and O–H groups in total. The molecule has 0 spiro atoms. The molecule has 0 aromatic carbocycles. The van der Waals surface area contributed by atoms with Crippen LogP contribution in [0.5, 0.6) is 0 Å². The molecular weight excluding hydrogens is 176 g/mol. The van der Waals surface area contributed by atoms with Crippen molar-refractivity contribution in [2.45, 2.75) is 6.42 Å². The molecule has 0 aliphatic carbocycles. The van der Waals surface area contributed by atoms with Crippen LogP contribution >= 0.6 is 11.3 Å². The van der Waals surface area contributed by atoms with Gasteiger partial charge in [-0.1, -0.05) is 0 Å². The Hall–Kier alpha value is -1.16. The van der Waals surface area contributed by atoms with Gasteiger partial charge in [0.2, 0.25) is 0 Å². The topological polar surface area (TPSA) is 43.4 Å². The Morgan fingerprint density at radius 3 is 3.08 bits per heavy atom. The zero-order valence-corrected chi connectivity index (χ0v) is 7.39. The summed E-state index contributed by atoms with van der Waals surface area (Å²) in [5.74, 6) is -0.373. The van der Waals surface area contributed by atoms with Crippen LogP contribution in [-0.4, -0.2) is 19.4 Å². The lowest BCUT2D eigenvalue weighted by atomic mass is 10.2. The lowest BCUT2D eigenvalue weighted by Crippen LogP contribution is -2.01. The summed E-state index contributed by atoms with van der Waals surface area (Å²) in [6, 6.07) is 1.76. The Bertz CT molecular complexity index is 290. The van der Waals surface area contributed by atoms with Gasteiger partial charge in [-0.25, -0.2) is 4.79 Å². The van der Waals surface area contributed by atoms with E-state index in [2.05, 4.69) is 4.74 Å². The first-order valence-electron chi connectivity index (χ1n) is 3.38. The summed E-state index contributed by atoms with van der Waals surface area (Å²) in [5.41, 5.74) is 0.738. The number of thiophene rings is 1. The molecule has 0 atom stereocenters. The second-order valence-corrected chi connectivity index (χ2v) is 3.05. The Kier molecular flexibility index (Phi) is 2.99. The highest BCUT2D eigenvalue weighted by atomic mass is 32.1. The molecule has 3 nitrogen and oxygen atoms in total. The summed E-state index contributed by atoms with van der Waals surface area (Å²) in [6.45, 7) is 0. The van der Waals surface area contributed by atoms with Gasteiger partial charge >= 0.3 is 5.97 Å². The van der Waals surface area contributed by atoms with Crippen LogP contribution in [0.4, 0.5) is 0 Å². The Morgan fingerprint density at radius 2 is 2.50 bits per heavy atom. The average molecular weight is 184 g/mol. The van der Waals surface area contributed by atoms with Gasteiger partial charge in [-0.15, -0.1) is 11.3 Å². The first kappa shape index (κ1) is 8.93. The van der Waals surface area contributed by atoms with Gasteiger partial charge in [-0.3, -0.25) is 0 Å². The molecule has 1 aromatic heterocycles. The molecule has 1 rings (SSSR count). The standard InChI is InChI=1S/C8H8O3S/c1-11-8(10)7-6(2-4-9)3-5-12-7/h3-5H,2H2,1H3. The molecule has 0 amide bonds. The molecule has 12 heavy (non-hydrogen) atoms. The quantitative estimate of drug-likeness (QED) is 0.525. The summed E-state index contributed by atoms with van der Waals surface area (Å²) < 4.78 is 4.54. The number of ether oxygens (including phenoxy) is 1. The first-order chi connectivity index (χ1) is 5.79. The van der Waals surface area contributed by atoms with Gasteiger partial charge in [0.15, 0.2) is 0 Å². The second-order valence-electron chi connectivity index (χ2n) is 2.14. The van der Waals surface area contributed by atoms with E-state index in [0.717, 1.165) is 11.8 Å². The van der Waals surface area contributed by atoms with E-state index >= 15 is 0 Å². The number of rotatable bonds is 3. The molecule has 0 saturated heterocycles. The van der Waals surface area contributed by atoms with E-state index in [0.29, 0.717) is 4.88 Å². The fourth-order valence-corrected chi connectivity index (χ4v) is 1.71. The van der Waals surface area contributed by atoms with Crippen molar-refractivity contribution in [1.82, 2.24) is 0 Å². The minimum atomic E-state index is -0.373. The number of carbonyl (C=O) groups is 2. The smallest absolute Gasteiger partial charge is 0.348 e. The molecule has 0 unspecified atom stereocenters. The molecule has 0 bridgehead atoms. The lowest BCUT2D eigenvalue weighted by molar-refractivity contribution is -0.107. The van der Waals surface area contributed by atoms with Crippen molar-refractivity contribution < 1.29 is 14.3 Å². The average Bonchev–Trinajstić information content (AvgIpc) is 2.52. The zero-order valence-electron chi connectivity index (χ0n) is 6.57. The van der Waals surface area contributed by atoms with Crippen LogP contribution in [-0.2, 0) is 16.0 Å². The molecule has 64 valence electrons. The van der Waals surface area contributed by atoms with Crippen molar-refractivity contribution in [2.24, 2.45) is 0 Å². The molecule has 0 aliphatic heterocycles. The number of aldehydes is 1. The molecule has 1 aromatic rings. The maximum absolute atomic E-state index is 11.0. The fraction of sp³-hybridized carbons (Fsp3) is 0.250. The van der Waals surface area contributed by atoms with E-state index in [1.54, 1.807) is 11.4 Å². The van der Waals surface area contributed by atoms with Crippen LogP contribution in [0.2, 0.25) is 0 Å². The highest BCUT2D eigenvalue weighted by molar-refractivity contribution is 7.12. The predicted octanol–water partition coefficient (Wildman–Crippen LogP) is 1.28. The Balaban J connectivity index is 2.90. The molecule has 1 heterocycles. The highest BCUT2D eigenvalue weighted by Crippen LogP contribution is 2.17. The van der Waals surface area contributed by atoms with Crippen molar-refractivity contribution in [3.63, 3.8) is 0 Å². The van der Waals surface area contributed by atoms with E-state index in [-0.39, 0.29) is 12.4 Å². The first-order valence-corrected chi connectivity index (χ1v) is 4.26. The van der Waals surface area contributed by atoms with Crippen molar-refractivity contribution >= 4 is 23.6 Å². The third kappa shape index (κ3) is 1.71.